The first kappa shape index (κ1) is 49.8. The molecule has 14 rings (SSSR count). The number of carbonyl (C=O) groups is 4. The van der Waals surface area contributed by atoms with E-state index in [2.05, 4.69) is 129 Å². The Kier molecular flexibility index (Phi) is 15.2. The van der Waals surface area contributed by atoms with Gasteiger partial charge in [-0.3, -0.25) is 19.2 Å². The van der Waals surface area contributed by atoms with Crippen molar-refractivity contribution in [2.45, 2.75) is 127 Å². The third-order valence-corrected chi connectivity index (χ3v) is 20.2. The van der Waals surface area contributed by atoms with Crippen molar-refractivity contribution in [1.29, 1.82) is 0 Å². The normalized spacial score (nSPS) is 28.3. The van der Waals surface area contributed by atoms with Crippen LogP contribution in [0, 0.1) is 5.92 Å². The summed E-state index contributed by atoms with van der Waals surface area (Å²) in [6.45, 7) is 11.8. The topological polar surface area (TPSA) is 197 Å². The summed E-state index contributed by atoms with van der Waals surface area (Å²) < 4.78 is 3.27. The lowest BCUT2D eigenvalue weighted by molar-refractivity contribution is -0.136. The molecule has 28 heteroatoms. The monoisotopic (exact) mass is 1280 g/mol. The number of halogens is 4. The Morgan fingerprint density at radius 3 is 1.07 bits per heavy atom. The highest BCUT2D eigenvalue weighted by molar-refractivity contribution is 9.11. The second kappa shape index (κ2) is 21.0. The van der Waals surface area contributed by atoms with Crippen molar-refractivity contribution in [3.8, 4) is 0 Å². The standard InChI is InChI=1S/C12H15BrN4OS.2C10H13BrN4OS.C9H11BrN4OS/c13-11-14-15-12(19-11)16-5-8-3-4-9(6-16)17(8)10(18)7-1-2-7;1-6(16)15-7-2-3-8(15)5-14(4-7)10-13-12-9(11)17-10;1-6(16)14-4-7-2-3-8(5-14)15(7)10-13-12-9(11)17-10;1-5(15)13-3-6-2-7(4-13)14(6)9-12-11-8(10)16-9/h7-9H,1-6H2;2*7-8H,2-5H2,1H3;6-7H,2-4H2,1H3. The van der Waals surface area contributed by atoms with Gasteiger partial charge < -0.3 is 39.2 Å². The Labute approximate surface area is 449 Å². The summed E-state index contributed by atoms with van der Waals surface area (Å²) in [4.78, 5) is 63.9. The number of anilines is 4. The van der Waals surface area contributed by atoms with E-state index in [4.69, 9.17) is 0 Å². The maximum Gasteiger partial charge on any atom is 0.226 e. The highest BCUT2D eigenvalue weighted by Gasteiger charge is 2.49. The van der Waals surface area contributed by atoms with E-state index in [9.17, 15) is 19.2 Å². The molecule has 69 heavy (non-hydrogen) atoms. The second-order valence-electron chi connectivity index (χ2n) is 19.0. The minimum Gasteiger partial charge on any atom is -0.343 e. The molecule has 9 aliphatic heterocycles. The molecule has 1 aliphatic carbocycles. The number of rotatable bonds is 5. The zero-order valence-electron chi connectivity index (χ0n) is 38.2. The summed E-state index contributed by atoms with van der Waals surface area (Å²) in [6.07, 6.45) is 10.2. The summed E-state index contributed by atoms with van der Waals surface area (Å²) in [7, 11) is 0. The van der Waals surface area contributed by atoms with Gasteiger partial charge in [0, 0.05) is 115 Å². The smallest absolute Gasteiger partial charge is 0.226 e. The van der Waals surface area contributed by atoms with Gasteiger partial charge >= 0.3 is 0 Å². The largest absolute Gasteiger partial charge is 0.343 e. The number of likely N-dealkylation sites (tertiary alicyclic amines) is 1. The number of hydrogen-bond acceptors (Lipinski definition) is 20. The molecule has 372 valence electrons. The van der Waals surface area contributed by atoms with Crippen LogP contribution >= 0.6 is 109 Å². The van der Waals surface area contributed by atoms with E-state index in [1.165, 1.54) is 6.42 Å². The van der Waals surface area contributed by atoms with E-state index >= 15 is 0 Å². The van der Waals surface area contributed by atoms with E-state index < -0.39 is 0 Å². The van der Waals surface area contributed by atoms with Gasteiger partial charge in [-0.25, -0.2) is 0 Å². The third kappa shape index (κ3) is 10.8. The van der Waals surface area contributed by atoms with Crippen LogP contribution in [0.2, 0.25) is 0 Å². The van der Waals surface area contributed by atoms with Gasteiger partial charge in [0.1, 0.15) is 0 Å². The minimum atomic E-state index is 0.174. The van der Waals surface area contributed by atoms with Crippen molar-refractivity contribution >= 4 is 153 Å². The summed E-state index contributed by atoms with van der Waals surface area (Å²) in [5, 5.41) is 36.5. The van der Waals surface area contributed by atoms with Crippen LogP contribution in [-0.4, -0.2) is 185 Å². The fourth-order valence-electron chi connectivity index (χ4n) is 11.4. The average molecular weight is 1280 g/mol. The number of amides is 4. The molecule has 10 aliphatic rings. The Bertz CT molecular complexity index is 2480. The number of nitrogens with zero attached hydrogens (tertiary/aromatic N) is 16. The van der Waals surface area contributed by atoms with Gasteiger partial charge in [-0.05, 0) is 122 Å². The lowest BCUT2D eigenvalue weighted by Gasteiger charge is -2.55. The van der Waals surface area contributed by atoms with Gasteiger partial charge in [0.05, 0.1) is 12.1 Å². The molecule has 13 heterocycles. The Balaban J connectivity index is 0.000000107. The van der Waals surface area contributed by atoms with E-state index in [1.807, 2.05) is 14.7 Å². The van der Waals surface area contributed by atoms with Crippen molar-refractivity contribution < 1.29 is 19.2 Å². The molecule has 0 aromatic carbocycles. The van der Waals surface area contributed by atoms with E-state index in [1.54, 1.807) is 66.1 Å². The van der Waals surface area contributed by atoms with Crippen molar-refractivity contribution in [2.24, 2.45) is 5.92 Å². The van der Waals surface area contributed by atoms with Gasteiger partial charge in [0.25, 0.3) is 0 Å². The first-order valence-electron chi connectivity index (χ1n) is 23.3. The van der Waals surface area contributed by atoms with Crippen LogP contribution < -0.4 is 19.6 Å². The molecule has 4 aromatic heterocycles. The van der Waals surface area contributed by atoms with Crippen LogP contribution in [0.5, 0.6) is 0 Å². The summed E-state index contributed by atoms with van der Waals surface area (Å²) in [5.74, 6) is 1.30. The summed E-state index contributed by atoms with van der Waals surface area (Å²) in [6, 6.07) is 3.17. The van der Waals surface area contributed by atoms with Gasteiger partial charge in [-0.2, -0.15) is 0 Å². The van der Waals surface area contributed by atoms with Gasteiger partial charge in [-0.15, -0.1) is 40.8 Å². The van der Waals surface area contributed by atoms with Gasteiger partial charge in [-0.1, -0.05) is 45.3 Å². The van der Waals surface area contributed by atoms with Crippen LogP contribution in [0.25, 0.3) is 0 Å². The highest BCUT2D eigenvalue weighted by Crippen LogP contribution is 2.42. The number of carbonyl (C=O) groups excluding carboxylic acids is 4. The Morgan fingerprint density at radius 2 is 0.739 bits per heavy atom. The lowest BCUT2D eigenvalue weighted by atomic mass is 9.88. The van der Waals surface area contributed by atoms with E-state index in [-0.39, 0.29) is 17.7 Å². The summed E-state index contributed by atoms with van der Waals surface area (Å²) >= 11 is 19.6. The number of piperidine rings is 1. The van der Waals surface area contributed by atoms with Crippen LogP contribution in [0.1, 0.15) is 78.6 Å². The quantitative estimate of drug-likeness (QED) is 0.225. The number of aromatic nitrogens is 8. The maximum atomic E-state index is 12.3. The van der Waals surface area contributed by atoms with E-state index in [0.717, 1.165) is 140 Å². The van der Waals surface area contributed by atoms with Gasteiger partial charge in [0.15, 0.2) is 15.7 Å². The summed E-state index contributed by atoms with van der Waals surface area (Å²) in [5.41, 5.74) is 0. The molecule has 10 fully saturated rings. The number of piperazine rings is 4. The molecule has 0 spiro atoms. The second-order valence-corrected chi connectivity index (χ2v) is 27.9. The van der Waals surface area contributed by atoms with Crippen LogP contribution in [-0.2, 0) is 19.2 Å². The zero-order chi connectivity index (χ0) is 48.2. The molecule has 8 atom stereocenters. The molecule has 4 aromatic rings. The lowest BCUT2D eigenvalue weighted by Crippen LogP contribution is -2.69. The van der Waals surface area contributed by atoms with Crippen molar-refractivity contribution in [1.82, 2.24) is 60.4 Å². The van der Waals surface area contributed by atoms with Crippen molar-refractivity contribution in [3.05, 3.63) is 15.7 Å². The van der Waals surface area contributed by atoms with Gasteiger partial charge in [0.2, 0.25) is 44.2 Å². The van der Waals surface area contributed by atoms with Crippen LogP contribution in [0.4, 0.5) is 20.5 Å². The molecular formula is C41H52Br4N16O4S4. The van der Waals surface area contributed by atoms with Crippen molar-refractivity contribution in [2.75, 3.05) is 72.0 Å². The SMILES string of the molecule is CC(=O)N1C2CCC1CN(c1nnc(Br)s1)C2.CC(=O)N1CC2CC(C1)N2c1nnc(Br)s1.CC(=O)N1CC2CCC(C1)N2c1nnc(Br)s1.O=C(C1CC1)N1C2CCC1CN(c1nnc(Br)s1)C2. The first-order valence-corrected chi connectivity index (χ1v) is 29.8. The van der Waals surface area contributed by atoms with Crippen LogP contribution in [0.3, 0.4) is 0 Å². The first-order chi connectivity index (χ1) is 33.2. The van der Waals surface area contributed by atoms with E-state index in [0.29, 0.717) is 60.2 Å². The Morgan fingerprint density at radius 1 is 0.406 bits per heavy atom. The fraction of sp³-hybridized carbons (Fsp3) is 0.707. The molecular weight excluding hydrogens is 1230 g/mol. The third-order valence-electron chi connectivity index (χ3n) is 14.6. The predicted octanol–water partition coefficient (Wildman–Crippen LogP) is 6.00. The molecule has 0 N–H and O–H groups in total. The van der Waals surface area contributed by atoms with Crippen LogP contribution in [0.15, 0.2) is 15.7 Å². The fourth-order valence-corrected chi connectivity index (χ4v) is 16.1. The molecule has 4 amide bonds. The molecule has 20 nitrogen and oxygen atoms in total. The average Bonchev–Trinajstić information content (AvgIpc) is 3.88. The zero-order valence-corrected chi connectivity index (χ0v) is 47.8. The highest BCUT2D eigenvalue weighted by atomic mass is 79.9. The number of fused-ring (bicyclic) bond motifs is 8. The molecule has 8 bridgehead atoms. The predicted molar refractivity (Wildman–Crippen MR) is 279 cm³/mol. The molecule has 0 radical (unpaired) electrons. The minimum absolute atomic E-state index is 0.174. The number of hydrogen-bond donors (Lipinski definition) is 0. The Hall–Kier alpha value is -2.76. The molecule has 1 saturated carbocycles. The molecule has 9 saturated heterocycles. The van der Waals surface area contributed by atoms with Crippen molar-refractivity contribution in [3.63, 3.8) is 0 Å². The molecule has 8 unspecified atom stereocenters. The maximum absolute atomic E-state index is 12.3.